The molecule has 5 nitrogen and oxygen atoms in total. The molecule has 1 atom stereocenters. The molecule has 110 valence electrons. The van der Waals surface area contributed by atoms with E-state index in [1.165, 1.54) is 12.8 Å². The van der Waals surface area contributed by atoms with E-state index in [4.69, 9.17) is 5.73 Å². The van der Waals surface area contributed by atoms with E-state index in [-0.39, 0.29) is 5.91 Å². The summed E-state index contributed by atoms with van der Waals surface area (Å²) in [5.74, 6) is 1.32. The quantitative estimate of drug-likeness (QED) is 0.863. The lowest BCUT2D eigenvalue weighted by Gasteiger charge is -2.32. The van der Waals surface area contributed by atoms with Crippen LogP contribution in [0.5, 0.6) is 0 Å². The van der Waals surface area contributed by atoms with E-state index in [1.807, 2.05) is 18.3 Å². The molecule has 3 N–H and O–H groups in total. The van der Waals surface area contributed by atoms with Gasteiger partial charge in [0.05, 0.1) is 11.9 Å². The molecule has 1 aromatic rings. The summed E-state index contributed by atoms with van der Waals surface area (Å²) in [5, 5.41) is 2.79. The van der Waals surface area contributed by atoms with Gasteiger partial charge in [0.2, 0.25) is 5.91 Å². The number of nitrogens with one attached hydrogen (secondary N) is 1. The van der Waals surface area contributed by atoms with Gasteiger partial charge in [-0.1, -0.05) is 6.92 Å². The van der Waals surface area contributed by atoms with Gasteiger partial charge in [-0.3, -0.25) is 4.79 Å². The van der Waals surface area contributed by atoms with Gasteiger partial charge < -0.3 is 16.0 Å². The fourth-order valence-corrected chi connectivity index (χ4v) is 2.54. The molecule has 0 aromatic carbocycles. The molecule has 0 spiro atoms. The summed E-state index contributed by atoms with van der Waals surface area (Å²) in [6, 6.07) is 3.90. The molecule has 2 rings (SSSR count). The van der Waals surface area contributed by atoms with Gasteiger partial charge in [0.15, 0.2) is 0 Å². The molecule has 1 unspecified atom stereocenters. The number of piperidine rings is 1. The van der Waals surface area contributed by atoms with Crippen LogP contribution in [0.1, 0.15) is 32.6 Å². The summed E-state index contributed by atoms with van der Waals surface area (Å²) < 4.78 is 0. The maximum absolute atomic E-state index is 11.6. The standard InChI is InChI=1S/C15H24N4O/c1-12-4-3-9-19(11-12)13-6-7-14(17-10-13)18-15(20)5-2-8-16/h6-7,10,12H,2-5,8-9,11,16H2,1H3,(H,17,18,20). The lowest BCUT2D eigenvalue weighted by atomic mass is 10.00. The van der Waals surface area contributed by atoms with Crippen LogP contribution in [0.2, 0.25) is 0 Å². The van der Waals surface area contributed by atoms with Crippen LogP contribution < -0.4 is 16.0 Å². The van der Waals surface area contributed by atoms with Crippen LogP contribution in [0.4, 0.5) is 11.5 Å². The van der Waals surface area contributed by atoms with Crippen molar-refractivity contribution in [1.82, 2.24) is 4.98 Å². The monoisotopic (exact) mass is 276 g/mol. The van der Waals surface area contributed by atoms with E-state index in [0.717, 1.165) is 24.7 Å². The lowest BCUT2D eigenvalue weighted by molar-refractivity contribution is -0.116. The van der Waals surface area contributed by atoms with Crippen LogP contribution in [0.3, 0.4) is 0 Å². The van der Waals surface area contributed by atoms with E-state index in [9.17, 15) is 4.79 Å². The van der Waals surface area contributed by atoms with E-state index in [1.54, 1.807) is 0 Å². The average Bonchev–Trinajstić information content (AvgIpc) is 2.46. The summed E-state index contributed by atoms with van der Waals surface area (Å²) >= 11 is 0. The van der Waals surface area contributed by atoms with E-state index < -0.39 is 0 Å². The van der Waals surface area contributed by atoms with Gasteiger partial charge in [0.1, 0.15) is 5.82 Å². The van der Waals surface area contributed by atoms with Crippen LogP contribution in [-0.2, 0) is 4.79 Å². The highest BCUT2D eigenvalue weighted by molar-refractivity contribution is 5.89. The predicted octanol–water partition coefficient (Wildman–Crippen LogP) is 2.00. The molecule has 20 heavy (non-hydrogen) atoms. The fourth-order valence-electron chi connectivity index (χ4n) is 2.54. The Kier molecular flexibility index (Phi) is 5.35. The number of pyridine rings is 1. The maximum Gasteiger partial charge on any atom is 0.225 e. The van der Waals surface area contributed by atoms with Crippen molar-refractivity contribution in [1.29, 1.82) is 0 Å². The first-order chi connectivity index (χ1) is 9.69. The first-order valence-electron chi connectivity index (χ1n) is 7.40. The highest BCUT2D eigenvalue weighted by Crippen LogP contribution is 2.22. The number of amides is 1. The Labute approximate surface area is 120 Å². The van der Waals surface area contributed by atoms with E-state index in [2.05, 4.69) is 22.1 Å². The number of aromatic nitrogens is 1. The maximum atomic E-state index is 11.6. The highest BCUT2D eigenvalue weighted by Gasteiger charge is 2.16. The Morgan fingerprint density at radius 2 is 2.40 bits per heavy atom. The number of anilines is 2. The number of nitrogens with two attached hydrogens (primary N) is 1. The molecule has 0 saturated carbocycles. The Balaban J connectivity index is 1.90. The number of rotatable bonds is 5. The second-order valence-corrected chi connectivity index (χ2v) is 5.54. The van der Waals surface area contributed by atoms with Crippen LogP contribution in [0.15, 0.2) is 18.3 Å². The number of carbonyl (C=O) groups is 1. The second kappa shape index (κ2) is 7.24. The Morgan fingerprint density at radius 3 is 3.05 bits per heavy atom. The van der Waals surface area contributed by atoms with Gasteiger partial charge in [-0.25, -0.2) is 4.98 Å². The molecule has 0 bridgehead atoms. The zero-order valence-electron chi connectivity index (χ0n) is 12.1. The second-order valence-electron chi connectivity index (χ2n) is 5.54. The third kappa shape index (κ3) is 4.20. The lowest BCUT2D eigenvalue weighted by Crippen LogP contribution is -2.34. The summed E-state index contributed by atoms with van der Waals surface area (Å²) in [7, 11) is 0. The van der Waals surface area contributed by atoms with Crippen molar-refractivity contribution >= 4 is 17.4 Å². The average molecular weight is 276 g/mol. The summed E-state index contributed by atoms with van der Waals surface area (Å²) in [6.07, 6.45) is 5.54. The summed E-state index contributed by atoms with van der Waals surface area (Å²) in [6.45, 7) is 5.00. The fraction of sp³-hybridized carbons (Fsp3) is 0.600. The molecule has 1 aliphatic heterocycles. The van der Waals surface area contributed by atoms with Gasteiger partial charge in [0.25, 0.3) is 0 Å². The largest absolute Gasteiger partial charge is 0.370 e. The van der Waals surface area contributed by atoms with Gasteiger partial charge in [-0.2, -0.15) is 0 Å². The van der Waals surface area contributed by atoms with Crippen molar-refractivity contribution in [2.24, 2.45) is 11.7 Å². The molecular formula is C15H24N4O. The van der Waals surface area contributed by atoms with Crippen molar-refractivity contribution in [3.63, 3.8) is 0 Å². The SMILES string of the molecule is CC1CCCN(c2ccc(NC(=O)CCCN)nc2)C1. The van der Waals surface area contributed by atoms with Gasteiger partial charge in [0, 0.05) is 19.5 Å². The molecule has 5 heteroatoms. The number of hydrogen-bond donors (Lipinski definition) is 2. The minimum Gasteiger partial charge on any atom is -0.370 e. The Morgan fingerprint density at radius 1 is 1.55 bits per heavy atom. The zero-order valence-corrected chi connectivity index (χ0v) is 12.1. The van der Waals surface area contributed by atoms with Gasteiger partial charge >= 0.3 is 0 Å². The topological polar surface area (TPSA) is 71.2 Å². The normalized spacial score (nSPS) is 18.9. The van der Waals surface area contributed by atoms with E-state index >= 15 is 0 Å². The number of hydrogen-bond acceptors (Lipinski definition) is 4. The molecule has 2 heterocycles. The zero-order chi connectivity index (χ0) is 14.4. The number of nitrogens with zero attached hydrogens (tertiary/aromatic N) is 2. The Hall–Kier alpha value is -1.62. The smallest absolute Gasteiger partial charge is 0.225 e. The van der Waals surface area contributed by atoms with Crippen LogP contribution in [0, 0.1) is 5.92 Å². The molecule has 0 aliphatic carbocycles. The third-order valence-corrected chi connectivity index (χ3v) is 3.65. The minimum absolute atomic E-state index is 0.0257. The van der Waals surface area contributed by atoms with Crippen molar-refractivity contribution in [3.05, 3.63) is 18.3 Å². The van der Waals surface area contributed by atoms with Gasteiger partial charge in [-0.05, 0) is 43.9 Å². The molecule has 1 fully saturated rings. The van der Waals surface area contributed by atoms with Crippen molar-refractivity contribution in [3.8, 4) is 0 Å². The molecule has 1 aromatic heterocycles. The highest BCUT2D eigenvalue weighted by atomic mass is 16.1. The van der Waals surface area contributed by atoms with Crippen LogP contribution in [0.25, 0.3) is 0 Å². The van der Waals surface area contributed by atoms with Crippen molar-refractivity contribution in [2.45, 2.75) is 32.6 Å². The minimum atomic E-state index is -0.0257. The summed E-state index contributed by atoms with van der Waals surface area (Å²) in [4.78, 5) is 18.3. The molecule has 1 saturated heterocycles. The van der Waals surface area contributed by atoms with Crippen LogP contribution >= 0.6 is 0 Å². The van der Waals surface area contributed by atoms with E-state index in [0.29, 0.717) is 25.2 Å². The Bertz CT molecular complexity index is 432. The summed E-state index contributed by atoms with van der Waals surface area (Å²) in [5.41, 5.74) is 6.52. The molecule has 1 aliphatic rings. The molecule has 0 radical (unpaired) electrons. The molecule has 1 amide bonds. The van der Waals surface area contributed by atoms with Gasteiger partial charge in [-0.15, -0.1) is 0 Å². The van der Waals surface area contributed by atoms with Crippen LogP contribution in [-0.4, -0.2) is 30.5 Å². The number of carbonyl (C=O) groups excluding carboxylic acids is 1. The first-order valence-corrected chi connectivity index (χ1v) is 7.40. The molecular weight excluding hydrogens is 252 g/mol. The predicted molar refractivity (Wildman–Crippen MR) is 81.8 cm³/mol. The third-order valence-electron chi connectivity index (χ3n) is 3.65. The van der Waals surface area contributed by atoms with Crippen molar-refractivity contribution in [2.75, 3.05) is 29.9 Å². The first kappa shape index (κ1) is 14.8. The van der Waals surface area contributed by atoms with Crippen molar-refractivity contribution < 1.29 is 4.79 Å².